The van der Waals surface area contributed by atoms with E-state index < -0.39 is 36.4 Å². The van der Waals surface area contributed by atoms with Crippen LogP contribution in [0.1, 0.15) is 96.3 Å². The summed E-state index contributed by atoms with van der Waals surface area (Å²) < 4.78 is 5.54. The number of hydrogen-bond donors (Lipinski definition) is 6. The number of nitrogens with one attached hydrogen (secondary N) is 4. The van der Waals surface area contributed by atoms with Gasteiger partial charge < -0.3 is 41.7 Å². The van der Waals surface area contributed by atoms with E-state index in [0.717, 1.165) is 83.5 Å². The molecular formula is C35H58AcN5O9S-. The van der Waals surface area contributed by atoms with Crippen molar-refractivity contribution in [2.75, 3.05) is 38.5 Å². The maximum atomic E-state index is 12.5. The van der Waals surface area contributed by atoms with Gasteiger partial charge in [-0.15, -0.1) is 11.8 Å². The van der Waals surface area contributed by atoms with Crippen LogP contribution in [0, 0.1) is 55.9 Å². The molecule has 51 heavy (non-hydrogen) atoms. The van der Waals surface area contributed by atoms with E-state index in [1.54, 1.807) is 0 Å². The Morgan fingerprint density at radius 2 is 1.31 bits per heavy atom. The third kappa shape index (κ3) is 16.8. The van der Waals surface area contributed by atoms with Crippen molar-refractivity contribution in [1.29, 1.82) is 0 Å². The maximum Gasteiger partial charge on any atom is 0.253 e. The van der Waals surface area contributed by atoms with E-state index in [2.05, 4.69) is 16.0 Å². The summed E-state index contributed by atoms with van der Waals surface area (Å²) in [6.07, 6.45) is 10.7. The molecule has 3 rings (SSSR count). The Morgan fingerprint density at radius 1 is 0.784 bits per heavy atom. The summed E-state index contributed by atoms with van der Waals surface area (Å²) in [4.78, 5) is 61.6. The molecule has 16 heteroatoms. The van der Waals surface area contributed by atoms with Gasteiger partial charge in [-0.25, -0.2) is 0 Å². The van der Waals surface area contributed by atoms with E-state index in [1.165, 1.54) is 28.8 Å². The van der Waals surface area contributed by atoms with Crippen molar-refractivity contribution in [3.8, 4) is 0 Å². The SMILES string of the molecule is [Ac].[NH-]C1[C@@H](O)[C@@H](O)C(CO)O[C@H]1SCCCCCNC(=O)CCCCCNC(=O)CCCCCNC(=O)C1CCC(CN2C(=O)C=CC2=O)CC1. The topological polar surface area (TPSA) is 218 Å². The smallest absolute Gasteiger partial charge is 0.253 e. The number of thioether (sulfide) groups is 1. The van der Waals surface area contributed by atoms with Gasteiger partial charge in [-0.2, -0.15) is 0 Å². The van der Waals surface area contributed by atoms with Gasteiger partial charge in [0.1, 0.15) is 12.2 Å². The molecule has 7 N–H and O–H groups in total. The molecule has 0 aromatic rings. The van der Waals surface area contributed by atoms with E-state index in [9.17, 15) is 39.3 Å². The van der Waals surface area contributed by atoms with Crippen molar-refractivity contribution in [3.63, 3.8) is 0 Å². The third-order valence-corrected chi connectivity index (χ3v) is 10.9. The van der Waals surface area contributed by atoms with Crippen LogP contribution in [0.2, 0.25) is 0 Å². The summed E-state index contributed by atoms with van der Waals surface area (Å²) in [7, 11) is 0. The van der Waals surface area contributed by atoms with Crippen LogP contribution in [0.25, 0.3) is 5.73 Å². The average Bonchev–Trinajstić information content (AvgIpc) is 3.42. The molecule has 287 valence electrons. The quantitative estimate of drug-likeness (QED) is 0.0647. The molecule has 0 aromatic carbocycles. The van der Waals surface area contributed by atoms with E-state index in [1.807, 2.05) is 0 Å². The first kappa shape index (κ1) is 46.0. The van der Waals surface area contributed by atoms with E-state index >= 15 is 0 Å². The second kappa shape index (κ2) is 25.8. The number of amides is 5. The van der Waals surface area contributed by atoms with E-state index in [4.69, 9.17) is 10.5 Å². The van der Waals surface area contributed by atoms with Crippen LogP contribution in [0.15, 0.2) is 12.2 Å². The summed E-state index contributed by atoms with van der Waals surface area (Å²) in [5.41, 5.74) is 7.41. The first-order valence-corrected chi connectivity index (χ1v) is 19.4. The molecule has 0 bridgehead atoms. The molecule has 0 spiro atoms. The molecule has 14 nitrogen and oxygen atoms in total. The Balaban J connectivity index is 0.00000901. The van der Waals surface area contributed by atoms with Crippen molar-refractivity contribution in [1.82, 2.24) is 20.9 Å². The van der Waals surface area contributed by atoms with Gasteiger partial charge in [-0.1, -0.05) is 25.3 Å². The van der Waals surface area contributed by atoms with Crippen molar-refractivity contribution in [2.24, 2.45) is 11.8 Å². The average molecular weight is 952 g/mol. The number of aliphatic hydroxyl groups is 3. The minimum atomic E-state index is -1.26. The molecule has 1 aliphatic carbocycles. The summed E-state index contributed by atoms with van der Waals surface area (Å²) >= 11 is 1.40. The Bertz CT molecular complexity index is 1110. The number of carbonyl (C=O) groups is 5. The zero-order valence-electron chi connectivity index (χ0n) is 29.8. The molecule has 2 aliphatic heterocycles. The fourth-order valence-corrected chi connectivity index (χ4v) is 7.66. The van der Waals surface area contributed by atoms with Gasteiger partial charge in [0.05, 0.1) is 18.1 Å². The van der Waals surface area contributed by atoms with Crippen LogP contribution < -0.4 is 16.0 Å². The van der Waals surface area contributed by atoms with Crippen LogP contribution in [0.3, 0.4) is 0 Å². The van der Waals surface area contributed by atoms with Crippen LogP contribution in [-0.2, 0) is 28.7 Å². The molecule has 0 aromatic heterocycles. The minimum Gasteiger partial charge on any atom is -0.670 e. The van der Waals surface area contributed by atoms with Crippen LogP contribution >= 0.6 is 11.8 Å². The second-order valence-electron chi connectivity index (χ2n) is 13.6. The molecule has 1 radical (unpaired) electrons. The Kier molecular flexibility index (Phi) is 23.3. The Labute approximate surface area is 342 Å². The minimum absolute atomic E-state index is 0. The fraction of sp³-hybridized carbons (Fsp3) is 0.800. The number of unbranched alkanes of at least 4 members (excludes halogenated alkanes) is 6. The zero-order chi connectivity index (χ0) is 36.3. The normalized spacial score (nSPS) is 26.1. The standard InChI is InChI=1S/C35H58N5O9S.Ac/c36-31-33(47)32(46)26(23-41)49-35(31)50-21-9-3-8-19-38-28(43)10-4-1-6-18-37-27(42)11-5-2-7-20-39-34(48)25-14-12-24(13-15-25)22-40-29(44)16-17-30(40)45;/h16-17,24-26,31-33,35-36,41,46-47H,1-15,18-23H2,(H,37,42)(H,38,43)(H,39,48);/q-1;/t24?,25?,26?,31?,32-,33+,35-;/m0./s1. The molecule has 2 unspecified atom stereocenters. The number of nitrogens with zero attached hydrogens (tertiary/aromatic N) is 1. The predicted octanol–water partition coefficient (Wildman–Crippen LogP) is 1.95. The number of rotatable bonds is 23. The molecule has 2 fully saturated rings. The van der Waals surface area contributed by atoms with Gasteiger partial charge in [-0.05, 0) is 75.9 Å². The van der Waals surface area contributed by atoms with Crippen molar-refractivity contribution >= 4 is 41.3 Å². The summed E-state index contributed by atoms with van der Waals surface area (Å²) in [5, 5.41) is 38.0. The second-order valence-corrected chi connectivity index (χ2v) is 14.8. The van der Waals surface area contributed by atoms with Crippen LogP contribution in [-0.4, -0.2) is 118 Å². The molecule has 3 aliphatic rings. The first-order valence-electron chi connectivity index (χ1n) is 18.4. The van der Waals surface area contributed by atoms with Gasteiger partial charge in [0.2, 0.25) is 17.7 Å². The van der Waals surface area contributed by atoms with Gasteiger partial charge in [0, 0.05) is 101 Å². The number of aliphatic hydroxyl groups excluding tert-OH is 3. The van der Waals surface area contributed by atoms with E-state index in [-0.39, 0.29) is 85.4 Å². The third-order valence-electron chi connectivity index (χ3n) is 9.65. The molecular weight excluding hydrogens is 893 g/mol. The zero-order valence-corrected chi connectivity index (χ0v) is 35.3. The van der Waals surface area contributed by atoms with Gasteiger partial charge in [0.15, 0.2) is 0 Å². The largest absolute Gasteiger partial charge is 0.670 e. The molecule has 1 saturated carbocycles. The van der Waals surface area contributed by atoms with Crippen molar-refractivity contribution < 1.29 is 88.1 Å². The summed E-state index contributed by atoms with van der Waals surface area (Å²) in [6, 6.07) is -0.976. The van der Waals surface area contributed by atoms with Gasteiger partial charge in [-0.3, -0.25) is 28.9 Å². The number of ether oxygens (including phenoxy) is 1. The first-order chi connectivity index (χ1) is 24.1. The molecule has 2 heterocycles. The monoisotopic (exact) mass is 951 g/mol. The molecule has 5 atom stereocenters. The van der Waals surface area contributed by atoms with Crippen LogP contribution in [0.5, 0.6) is 0 Å². The maximum absolute atomic E-state index is 12.5. The van der Waals surface area contributed by atoms with Crippen LogP contribution in [0.4, 0.5) is 0 Å². The number of carbonyl (C=O) groups excluding carboxylic acids is 5. The Morgan fingerprint density at radius 3 is 1.86 bits per heavy atom. The van der Waals surface area contributed by atoms with Gasteiger partial charge in [0.25, 0.3) is 11.8 Å². The van der Waals surface area contributed by atoms with E-state index in [0.29, 0.717) is 44.8 Å². The fourth-order valence-electron chi connectivity index (χ4n) is 6.47. The van der Waals surface area contributed by atoms with Gasteiger partial charge >= 0.3 is 0 Å². The van der Waals surface area contributed by atoms with Crippen molar-refractivity contribution in [3.05, 3.63) is 17.9 Å². The predicted molar refractivity (Wildman–Crippen MR) is 189 cm³/mol. The Hall–Kier alpha value is -1.12. The summed E-state index contributed by atoms with van der Waals surface area (Å²) in [6.45, 7) is 1.79. The van der Waals surface area contributed by atoms with Crippen molar-refractivity contribution in [2.45, 2.75) is 126 Å². The molecule has 1 saturated heterocycles. The summed E-state index contributed by atoms with van der Waals surface area (Å²) in [5.74, 6) is 0.531. The molecule has 5 amide bonds. The number of hydrogen-bond acceptors (Lipinski definition) is 10. The number of imide groups is 1.